The lowest BCUT2D eigenvalue weighted by Gasteiger charge is -2.21. The zero-order valence-corrected chi connectivity index (χ0v) is 20.6. The molecule has 3 aromatic carbocycles. The molecule has 0 bridgehead atoms. The second-order valence-corrected chi connectivity index (χ2v) is 8.11. The first kappa shape index (κ1) is 25.3. The van der Waals surface area contributed by atoms with Crippen molar-refractivity contribution in [3.05, 3.63) is 89.1 Å². The quantitative estimate of drug-likeness (QED) is 0.234. The number of aromatic hydroxyl groups is 1. The summed E-state index contributed by atoms with van der Waals surface area (Å²) in [5.74, 6) is 0.0992. The molecule has 4 rings (SSSR count). The van der Waals surface area contributed by atoms with E-state index in [0.717, 1.165) is 18.8 Å². The van der Waals surface area contributed by atoms with Crippen molar-refractivity contribution in [2.24, 2.45) is 5.10 Å². The summed E-state index contributed by atoms with van der Waals surface area (Å²) in [5, 5.41) is 17.0. The third kappa shape index (κ3) is 6.26. The first-order valence-electron chi connectivity index (χ1n) is 11.9. The minimum atomic E-state index is -0.641. The standard InChI is InChI=1S/C28H28N4O5/c1-3-32(4-2)22-12-11-21(24(33)16-22)17-29-31-28(35)23(30-27(34)20-8-6-5-7-9-20)14-19-10-13-25-26(15-19)37-18-36-25/h5-17,33H,3-4,18H2,1-2H3,(H,30,34)(H,31,35). The number of hydrogen-bond acceptors (Lipinski definition) is 7. The lowest BCUT2D eigenvalue weighted by molar-refractivity contribution is -0.117. The highest BCUT2D eigenvalue weighted by Crippen LogP contribution is 2.33. The van der Waals surface area contributed by atoms with Crippen molar-refractivity contribution in [3.8, 4) is 17.2 Å². The summed E-state index contributed by atoms with van der Waals surface area (Å²) in [5.41, 5.74) is 4.74. The largest absolute Gasteiger partial charge is 0.507 e. The SMILES string of the molecule is CCN(CC)c1ccc(C=NNC(=O)C(=Cc2ccc3c(c2)OCO3)NC(=O)c2ccccc2)c(O)c1. The molecule has 0 atom stereocenters. The van der Waals surface area contributed by atoms with Gasteiger partial charge < -0.3 is 24.8 Å². The average Bonchev–Trinajstić information content (AvgIpc) is 3.38. The molecule has 1 aliphatic heterocycles. The van der Waals surface area contributed by atoms with Crippen molar-refractivity contribution < 1.29 is 24.2 Å². The minimum Gasteiger partial charge on any atom is -0.507 e. The smallest absolute Gasteiger partial charge is 0.287 e. The summed E-state index contributed by atoms with van der Waals surface area (Å²) >= 11 is 0. The van der Waals surface area contributed by atoms with Gasteiger partial charge in [-0.1, -0.05) is 24.3 Å². The predicted molar refractivity (Wildman–Crippen MR) is 142 cm³/mol. The number of phenols is 1. The molecule has 1 aliphatic rings. The van der Waals surface area contributed by atoms with E-state index in [1.807, 2.05) is 19.9 Å². The number of nitrogens with zero attached hydrogens (tertiary/aromatic N) is 2. The Morgan fingerprint density at radius 2 is 1.76 bits per heavy atom. The van der Waals surface area contributed by atoms with Crippen LogP contribution in [0.3, 0.4) is 0 Å². The maximum absolute atomic E-state index is 13.0. The second-order valence-electron chi connectivity index (χ2n) is 8.11. The Kier molecular flexibility index (Phi) is 8.05. The second kappa shape index (κ2) is 11.8. The maximum Gasteiger partial charge on any atom is 0.287 e. The first-order valence-corrected chi connectivity index (χ1v) is 11.9. The van der Waals surface area contributed by atoms with E-state index in [1.54, 1.807) is 60.7 Å². The molecule has 0 fully saturated rings. The molecular formula is C28H28N4O5. The van der Waals surface area contributed by atoms with Gasteiger partial charge in [-0.15, -0.1) is 0 Å². The highest BCUT2D eigenvalue weighted by Gasteiger charge is 2.17. The molecule has 9 heteroatoms. The molecule has 1 heterocycles. The van der Waals surface area contributed by atoms with E-state index in [4.69, 9.17) is 9.47 Å². The maximum atomic E-state index is 13.0. The summed E-state index contributed by atoms with van der Waals surface area (Å²) < 4.78 is 10.7. The highest BCUT2D eigenvalue weighted by molar-refractivity contribution is 6.05. The number of anilines is 1. The van der Waals surface area contributed by atoms with Gasteiger partial charge in [0.2, 0.25) is 6.79 Å². The molecule has 0 radical (unpaired) electrons. The van der Waals surface area contributed by atoms with E-state index in [-0.39, 0.29) is 18.2 Å². The Balaban J connectivity index is 1.53. The van der Waals surface area contributed by atoms with Crippen LogP contribution in [0.15, 0.2) is 77.5 Å². The van der Waals surface area contributed by atoms with E-state index in [0.29, 0.717) is 28.2 Å². The van der Waals surface area contributed by atoms with Crippen LogP contribution >= 0.6 is 0 Å². The van der Waals surface area contributed by atoms with E-state index < -0.39 is 11.8 Å². The number of amides is 2. The molecule has 0 aromatic heterocycles. The number of hydrazone groups is 1. The summed E-state index contributed by atoms with van der Waals surface area (Å²) in [6.45, 7) is 5.82. The molecule has 9 nitrogen and oxygen atoms in total. The third-order valence-corrected chi connectivity index (χ3v) is 5.75. The van der Waals surface area contributed by atoms with Crippen LogP contribution in [0.2, 0.25) is 0 Å². The van der Waals surface area contributed by atoms with E-state index in [2.05, 4.69) is 20.7 Å². The lowest BCUT2D eigenvalue weighted by atomic mass is 10.1. The molecule has 3 aromatic rings. The molecule has 0 saturated heterocycles. The van der Waals surface area contributed by atoms with Gasteiger partial charge in [-0.05, 0) is 61.9 Å². The van der Waals surface area contributed by atoms with Crippen LogP contribution < -0.4 is 25.1 Å². The van der Waals surface area contributed by atoms with E-state index in [9.17, 15) is 14.7 Å². The van der Waals surface area contributed by atoms with Gasteiger partial charge in [0.1, 0.15) is 11.4 Å². The number of nitrogens with one attached hydrogen (secondary N) is 2. The van der Waals surface area contributed by atoms with Crippen molar-refractivity contribution in [1.29, 1.82) is 0 Å². The molecule has 0 spiro atoms. The van der Waals surface area contributed by atoms with Crippen molar-refractivity contribution >= 4 is 29.8 Å². The van der Waals surface area contributed by atoms with Crippen molar-refractivity contribution in [3.63, 3.8) is 0 Å². The van der Waals surface area contributed by atoms with Gasteiger partial charge in [-0.3, -0.25) is 9.59 Å². The topological polar surface area (TPSA) is 112 Å². The number of phenolic OH excluding ortho intramolecular Hbond substituents is 1. The van der Waals surface area contributed by atoms with E-state index >= 15 is 0 Å². The Morgan fingerprint density at radius 1 is 1.00 bits per heavy atom. The summed E-state index contributed by atoms with van der Waals surface area (Å²) in [7, 11) is 0. The fourth-order valence-electron chi connectivity index (χ4n) is 3.76. The Hall–Kier alpha value is -4.79. The molecule has 37 heavy (non-hydrogen) atoms. The number of fused-ring (bicyclic) bond motifs is 1. The molecule has 0 aliphatic carbocycles. The number of hydrogen-bond donors (Lipinski definition) is 3. The van der Waals surface area contributed by atoms with Gasteiger partial charge in [0.25, 0.3) is 11.8 Å². The van der Waals surface area contributed by atoms with Crippen molar-refractivity contribution in [2.45, 2.75) is 13.8 Å². The molecular weight excluding hydrogens is 472 g/mol. The minimum absolute atomic E-state index is 0.0222. The van der Waals surface area contributed by atoms with Crippen LogP contribution in [-0.4, -0.2) is 43.0 Å². The van der Waals surface area contributed by atoms with Gasteiger partial charge in [0.05, 0.1) is 6.21 Å². The zero-order valence-electron chi connectivity index (χ0n) is 20.6. The monoisotopic (exact) mass is 500 g/mol. The van der Waals surface area contributed by atoms with Crippen molar-refractivity contribution in [1.82, 2.24) is 10.7 Å². The van der Waals surface area contributed by atoms with Crippen LogP contribution in [-0.2, 0) is 4.79 Å². The van der Waals surface area contributed by atoms with Gasteiger partial charge >= 0.3 is 0 Å². The van der Waals surface area contributed by atoms with Crippen LogP contribution in [0.25, 0.3) is 6.08 Å². The van der Waals surface area contributed by atoms with Crippen molar-refractivity contribution in [2.75, 3.05) is 24.8 Å². The summed E-state index contributed by atoms with van der Waals surface area (Å²) in [4.78, 5) is 27.9. The fraction of sp³-hybridized carbons (Fsp3) is 0.179. The first-order chi connectivity index (χ1) is 18.0. The van der Waals surface area contributed by atoms with E-state index in [1.165, 1.54) is 12.3 Å². The van der Waals surface area contributed by atoms with Crippen LogP contribution in [0.5, 0.6) is 17.2 Å². The summed E-state index contributed by atoms with van der Waals surface area (Å²) in [6.07, 6.45) is 2.86. The Labute approximate surface area is 215 Å². The van der Waals surface area contributed by atoms with Crippen LogP contribution in [0.1, 0.15) is 35.3 Å². The molecule has 0 saturated carbocycles. The predicted octanol–water partition coefficient (Wildman–Crippen LogP) is 3.89. The Morgan fingerprint density at radius 3 is 2.49 bits per heavy atom. The van der Waals surface area contributed by atoms with Gasteiger partial charge in [0.15, 0.2) is 11.5 Å². The zero-order chi connectivity index (χ0) is 26.2. The lowest BCUT2D eigenvalue weighted by Crippen LogP contribution is -2.32. The molecule has 0 unspecified atom stereocenters. The average molecular weight is 501 g/mol. The number of carbonyl (C=O) groups excluding carboxylic acids is 2. The number of ether oxygens (including phenoxy) is 2. The van der Waals surface area contributed by atoms with Crippen LogP contribution in [0.4, 0.5) is 5.69 Å². The number of carbonyl (C=O) groups is 2. The number of benzene rings is 3. The fourth-order valence-corrected chi connectivity index (χ4v) is 3.76. The molecule has 190 valence electrons. The highest BCUT2D eigenvalue weighted by atomic mass is 16.7. The van der Waals surface area contributed by atoms with Gasteiger partial charge in [-0.25, -0.2) is 5.43 Å². The molecule has 3 N–H and O–H groups in total. The van der Waals surface area contributed by atoms with Crippen LogP contribution in [0, 0.1) is 0 Å². The van der Waals surface area contributed by atoms with Gasteiger partial charge in [0, 0.05) is 36.0 Å². The molecule has 2 amide bonds. The Bertz CT molecular complexity index is 1330. The van der Waals surface area contributed by atoms with Gasteiger partial charge in [-0.2, -0.15) is 5.10 Å². The summed E-state index contributed by atoms with van der Waals surface area (Å²) in [6, 6.07) is 19.0. The normalized spacial score (nSPS) is 12.4. The third-order valence-electron chi connectivity index (χ3n) is 5.75. The number of rotatable bonds is 9.